The fourth-order valence-electron chi connectivity index (χ4n) is 4.04. The normalized spacial score (nSPS) is 16.6. The molecule has 40 heavy (non-hydrogen) atoms. The van der Waals surface area contributed by atoms with Gasteiger partial charge in [-0.1, -0.05) is 0 Å². The molecule has 0 aliphatic carbocycles. The Labute approximate surface area is 229 Å². The van der Waals surface area contributed by atoms with Gasteiger partial charge in [-0.25, -0.2) is 18.4 Å². The Morgan fingerprint density at radius 1 is 1.18 bits per heavy atom. The fourth-order valence-corrected chi connectivity index (χ4v) is 4.04. The lowest BCUT2D eigenvalue weighted by molar-refractivity contribution is -0.130. The predicted molar refractivity (Wildman–Crippen MR) is 139 cm³/mol. The molecule has 1 aromatic carbocycles. The number of anilines is 2. The molecule has 12 nitrogen and oxygen atoms in total. The average molecular weight is 564 g/mol. The Balaban J connectivity index is 0.000000472. The van der Waals surface area contributed by atoms with Gasteiger partial charge in [-0.2, -0.15) is 0 Å². The predicted octanol–water partition coefficient (Wildman–Crippen LogP) is 2.23. The van der Waals surface area contributed by atoms with Crippen molar-refractivity contribution >= 4 is 35.8 Å². The molecule has 216 valence electrons. The van der Waals surface area contributed by atoms with Crippen molar-refractivity contribution in [3.63, 3.8) is 0 Å². The number of hydrogen-bond acceptors (Lipinski definition) is 10. The van der Waals surface area contributed by atoms with Crippen LogP contribution in [0.4, 0.5) is 29.7 Å². The molecule has 0 saturated carbocycles. The van der Waals surface area contributed by atoms with Gasteiger partial charge in [0, 0.05) is 56.3 Å². The maximum atomic E-state index is 14.9. The number of carbonyl (C=O) groups excluding carboxylic acids is 4. The van der Waals surface area contributed by atoms with Gasteiger partial charge < -0.3 is 29.3 Å². The molecule has 2 aliphatic rings. The molecule has 2 aromatic rings. The van der Waals surface area contributed by atoms with E-state index in [-0.39, 0.29) is 56.7 Å². The van der Waals surface area contributed by atoms with E-state index in [0.717, 1.165) is 23.3 Å². The van der Waals surface area contributed by atoms with E-state index in [2.05, 4.69) is 15.0 Å². The molecule has 1 unspecified atom stereocenters. The van der Waals surface area contributed by atoms with Crippen LogP contribution in [0.2, 0.25) is 0 Å². The number of amides is 2. The van der Waals surface area contributed by atoms with Gasteiger partial charge in [-0.3, -0.25) is 19.5 Å². The number of rotatable bonds is 8. The maximum Gasteiger partial charge on any atom is 0.508 e. The second-order valence-electron chi connectivity index (χ2n) is 8.67. The van der Waals surface area contributed by atoms with E-state index in [4.69, 9.17) is 9.47 Å². The molecular formula is C26H31F2N5O7. The fraction of sp³-hybridized carbons (Fsp3) is 0.423. The first-order valence-corrected chi connectivity index (χ1v) is 12.6. The summed E-state index contributed by atoms with van der Waals surface area (Å²) in [5.41, 5.74) is 0.409. The van der Waals surface area contributed by atoms with Crippen LogP contribution in [0, 0.1) is 11.6 Å². The number of hydrogen-bond donors (Lipinski definition) is 1. The van der Waals surface area contributed by atoms with E-state index in [9.17, 15) is 28.0 Å². The summed E-state index contributed by atoms with van der Waals surface area (Å²) in [6, 6.07) is 5.56. The van der Waals surface area contributed by atoms with E-state index in [1.165, 1.54) is 11.1 Å². The number of halogens is 2. The molecule has 2 fully saturated rings. The summed E-state index contributed by atoms with van der Waals surface area (Å²) in [6.07, 6.45) is 1.44. The van der Waals surface area contributed by atoms with Crippen molar-refractivity contribution in [2.45, 2.75) is 13.0 Å². The third-order valence-corrected chi connectivity index (χ3v) is 5.93. The summed E-state index contributed by atoms with van der Waals surface area (Å²) >= 11 is 0. The Kier molecular flexibility index (Phi) is 11.1. The van der Waals surface area contributed by atoms with E-state index in [0.29, 0.717) is 18.7 Å². The largest absolute Gasteiger partial charge is 0.508 e. The zero-order valence-corrected chi connectivity index (χ0v) is 22.2. The summed E-state index contributed by atoms with van der Waals surface area (Å²) < 4.78 is 44.3. The number of aldehydes is 1. The molecule has 2 saturated heterocycles. The number of carbonyl (C=O) groups is 4. The summed E-state index contributed by atoms with van der Waals surface area (Å²) in [5.74, 6) is -1.72. The molecule has 0 spiro atoms. The van der Waals surface area contributed by atoms with Gasteiger partial charge in [0.05, 0.1) is 25.4 Å². The lowest BCUT2D eigenvalue weighted by atomic mass is 10.2. The standard InChI is InChI=1S/C20H26F2N4O6.C6H5NO/c1-3-30-20(29)31-12-14-11-26(19(28)32-14)13-8-15(21)18(16(22)9-13)25-6-4-24(5-7-25)17(27)10-23-2;8-5-6-2-1-3-7-4-6/h8-9,14,23H,3-7,10-12H2,1-2H3;1-5H. The Morgan fingerprint density at radius 3 is 2.42 bits per heavy atom. The molecule has 1 aromatic heterocycles. The number of nitrogens with one attached hydrogen (secondary N) is 1. The van der Waals surface area contributed by atoms with Crippen LogP contribution in [0.5, 0.6) is 0 Å². The highest BCUT2D eigenvalue weighted by Gasteiger charge is 2.35. The van der Waals surface area contributed by atoms with Crippen molar-refractivity contribution < 1.29 is 42.2 Å². The van der Waals surface area contributed by atoms with Crippen molar-refractivity contribution in [2.24, 2.45) is 0 Å². The van der Waals surface area contributed by atoms with Crippen LogP contribution in [0.15, 0.2) is 36.7 Å². The number of ether oxygens (including phenoxy) is 3. The minimum absolute atomic E-state index is 0.00443. The van der Waals surface area contributed by atoms with Crippen molar-refractivity contribution in [2.75, 3.05) is 69.3 Å². The smallest absolute Gasteiger partial charge is 0.440 e. The molecule has 3 heterocycles. The Morgan fingerprint density at radius 2 is 1.88 bits per heavy atom. The number of pyridine rings is 1. The first-order valence-electron chi connectivity index (χ1n) is 12.6. The van der Waals surface area contributed by atoms with Gasteiger partial charge in [0.1, 0.15) is 12.3 Å². The van der Waals surface area contributed by atoms with Crippen LogP contribution in [0.25, 0.3) is 0 Å². The molecule has 2 aliphatic heterocycles. The molecule has 0 radical (unpaired) electrons. The number of nitrogens with zero attached hydrogens (tertiary/aromatic N) is 4. The number of likely N-dealkylation sites (N-methyl/N-ethyl adjacent to an activating group) is 1. The highest BCUT2D eigenvalue weighted by molar-refractivity contribution is 5.90. The third kappa shape index (κ3) is 8.09. The van der Waals surface area contributed by atoms with Crippen LogP contribution in [0.1, 0.15) is 17.3 Å². The molecule has 1 atom stereocenters. The van der Waals surface area contributed by atoms with Crippen LogP contribution in [-0.2, 0) is 19.0 Å². The monoisotopic (exact) mass is 563 g/mol. The Hall–Kier alpha value is -4.33. The minimum atomic E-state index is -0.892. The SMILES string of the molecule is CCOC(=O)OCC1CN(c2cc(F)c(N3CCN(C(=O)CNC)CC3)c(F)c2)C(=O)O1.O=Cc1cccnc1. The first kappa shape index (κ1) is 30.2. The highest BCUT2D eigenvalue weighted by Crippen LogP contribution is 2.31. The van der Waals surface area contributed by atoms with Crippen LogP contribution in [-0.4, -0.2) is 100.0 Å². The van der Waals surface area contributed by atoms with E-state index in [1.807, 2.05) is 0 Å². The number of cyclic esters (lactones) is 1. The average Bonchev–Trinajstić information content (AvgIpc) is 3.33. The van der Waals surface area contributed by atoms with Gasteiger partial charge in [0.2, 0.25) is 5.91 Å². The molecule has 2 amide bonds. The topological polar surface area (TPSA) is 131 Å². The van der Waals surface area contributed by atoms with Gasteiger partial charge in [-0.05, 0) is 26.1 Å². The zero-order chi connectivity index (χ0) is 29.1. The van der Waals surface area contributed by atoms with Crippen molar-refractivity contribution in [1.29, 1.82) is 0 Å². The molecule has 14 heteroatoms. The molecule has 4 rings (SSSR count). The summed E-state index contributed by atoms with van der Waals surface area (Å²) in [4.78, 5) is 53.3. The quantitative estimate of drug-likeness (QED) is 0.377. The van der Waals surface area contributed by atoms with Crippen molar-refractivity contribution in [1.82, 2.24) is 15.2 Å². The van der Waals surface area contributed by atoms with Crippen molar-refractivity contribution in [3.8, 4) is 0 Å². The summed E-state index contributed by atoms with van der Waals surface area (Å²) in [6.45, 7) is 2.95. The highest BCUT2D eigenvalue weighted by atomic mass is 19.1. The lowest BCUT2D eigenvalue weighted by Crippen LogP contribution is -2.51. The van der Waals surface area contributed by atoms with Gasteiger partial charge in [0.25, 0.3) is 0 Å². The summed E-state index contributed by atoms with van der Waals surface area (Å²) in [5, 5.41) is 2.79. The maximum absolute atomic E-state index is 14.9. The third-order valence-electron chi connectivity index (χ3n) is 5.93. The van der Waals surface area contributed by atoms with E-state index >= 15 is 0 Å². The molecule has 1 N–H and O–H groups in total. The molecule has 0 bridgehead atoms. The second-order valence-corrected chi connectivity index (χ2v) is 8.67. The van der Waals surface area contributed by atoms with Gasteiger partial charge in [-0.15, -0.1) is 0 Å². The van der Waals surface area contributed by atoms with E-state index < -0.39 is 30.0 Å². The number of aromatic nitrogens is 1. The van der Waals surface area contributed by atoms with Gasteiger partial charge >= 0.3 is 12.2 Å². The lowest BCUT2D eigenvalue weighted by Gasteiger charge is -2.36. The minimum Gasteiger partial charge on any atom is -0.440 e. The number of piperazine rings is 1. The van der Waals surface area contributed by atoms with Crippen LogP contribution in [0.3, 0.4) is 0 Å². The first-order chi connectivity index (χ1) is 19.3. The Bertz CT molecular complexity index is 1160. The van der Waals surface area contributed by atoms with Crippen LogP contribution < -0.4 is 15.1 Å². The van der Waals surface area contributed by atoms with Crippen molar-refractivity contribution in [3.05, 3.63) is 53.9 Å². The van der Waals surface area contributed by atoms with Gasteiger partial charge in [0.15, 0.2) is 24.0 Å². The zero-order valence-electron chi connectivity index (χ0n) is 22.2. The number of benzene rings is 1. The molecular weight excluding hydrogens is 532 g/mol. The second kappa shape index (κ2) is 14.7. The van der Waals surface area contributed by atoms with E-state index in [1.54, 1.807) is 37.2 Å². The summed E-state index contributed by atoms with van der Waals surface area (Å²) in [7, 11) is 1.67. The van der Waals surface area contributed by atoms with Crippen LogP contribution >= 0.6 is 0 Å².